The van der Waals surface area contributed by atoms with Crippen molar-refractivity contribution >= 4 is 29.5 Å². The summed E-state index contributed by atoms with van der Waals surface area (Å²) in [7, 11) is 0. The van der Waals surface area contributed by atoms with E-state index in [1.54, 1.807) is 24.3 Å². The van der Waals surface area contributed by atoms with Gasteiger partial charge in [-0.2, -0.15) is 0 Å². The van der Waals surface area contributed by atoms with E-state index in [0.717, 1.165) is 12.5 Å². The highest BCUT2D eigenvalue weighted by Gasteiger charge is 2.59. The van der Waals surface area contributed by atoms with Gasteiger partial charge in [-0.1, -0.05) is 30.4 Å². The molecule has 116 valence electrons. The maximum Gasteiger partial charge on any atom is 0.238 e. The van der Waals surface area contributed by atoms with Crippen LogP contribution < -0.4 is 10.0 Å². The number of aliphatic carboxylic acids is 1. The van der Waals surface area contributed by atoms with Gasteiger partial charge in [0.15, 0.2) is 0 Å². The summed E-state index contributed by atoms with van der Waals surface area (Å²) in [6, 6.07) is 6.75. The van der Waals surface area contributed by atoms with Gasteiger partial charge >= 0.3 is 0 Å². The van der Waals surface area contributed by atoms with Crippen LogP contribution in [0.3, 0.4) is 0 Å². The van der Waals surface area contributed by atoms with Gasteiger partial charge in [0.1, 0.15) is 0 Å². The fourth-order valence-electron chi connectivity index (χ4n) is 4.09. The van der Waals surface area contributed by atoms with Gasteiger partial charge in [0.25, 0.3) is 0 Å². The number of carbonyl (C=O) groups is 3. The third-order valence-corrected chi connectivity index (χ3v) is 5.01. The number of amides is 2. The average Bonchev–Trinajstić information content (AvgIpc) is 3.20. The molecular formula is C18H14NO4-. The van der Waals surface area contributed by atoms with Crippen LogP contribution in [0.5, 0.6) is 0 Å². The van der Waals surface area contributed by atoms with Crippen LogP contribution in [-0.4, -0.2) is 17.8 Å². The van der Waals surface area contributed by atoms with Crippen LogP contribution in [0.15, 0.2) is 42.5 Å². The van der Waals surface area contributed by atoms with Crippen LogP contribution in [0.25, 0.3) is 6.08 Å². The minimum atomic E-state index is -1.29. The molecule has 5 nitrogen and oxygen atoms in total. The maximum absolute atomic E-state index is 12.7. The van der Waals surface area contributed by atoms with Crippen molar-refractivity contribution < 1.29 is 19.5 Å². The van der Waals surface area contributed by atoms with Crippen LogP contribution in [-0.2, 0) is 14.4 Å². The van der Waals surface area contributed by atoms with Gasteiger partial charge in [0.05, 0.1) is 23.5 Å². The molecule has 0 spiro atoms. The van der Waals surface area contributed by atoms with E-state index in [1.807, 2.05) is 0 Å². The number of rotatable bonds is 3. The molecule has 4 atom stereocenters. The smallest absolute Gasteiger partial charge is 0.238 e. The molecule has 0 unspecified atom stereocenters. The Hall–Kier alpha value is -2.69. The van der Waals surface area contributed by atoms with Gasteiger partial charge in [0, 0.05) is 0 Å². The Bertz CT molecular complexity index is 749. The molecule has 1 heterocycles. The molecule has 1 saturated carbocycles. The number of imide groups is 1. The molecule has 0 N–H and O–H groups in total. The Morgan fingerprint density at radius 2 is 1.78 bits per heavy atom. The monoisotopic (exact) mass is 308 g/mol. The number of anilines is 1. The molecule has 0 aromatic heterocycles. The third-order valence-electron chi connectivity index (χ3n) is 5.01. The molecular weight excluding hydrogens is 294 g/mol. The molecule has 4 rings (SSSR count). The normalized spacial score (nSPS) is 31.4. The van der Waals surface area contributed by atoms with Gasteiger partial charge in [0.2, 0.25) is 11.8 Å². The summed E-state index contributed by atoms with van der Waals surface area (Å²) in [6.07, 6.45) is 7.32. The lowest BCUT2D eigenvalue weighted by Gasteiger charge is -2.17. The predicted octanol–water partition coefficient (Wildman–Crippen LogP) is 0.761. The van der Waals surface area contributed by atoms with Gasteiger partial charge in [-0.25, -0.2) is 4.90 Å². The molecule has 2 fully saturated rings. The molecule has 0 radical (unpaired) electrons. The highest BCUT2D eigenvalue weighted by molar-refractivity contribution is 6.22. The first kappa shape index (κ1) is 13.9. The molecule has 2 amide bonds. The summed E-state index contributed by atoms with van der Waals surface area (Å²) >= 11 is 0. The maximum atomic E-state index is 12.7. The number of carboxylic acid groups (broad SMARTS) is 1. The average molecular weight is 308 g/mol. The third kappa shape index (κ3) is 2.04. The molecule has 1 aliphatic heterocycles. The zero-order chi connectivity index (χ0) is 16.1. The Morgan fingerprint density at radius 3 is 2.39 bits per heavy atom. The lowest BCUT2D eigenvalue weighted by molar-refractivity contribution is -0.297. The molecule has 2 aliphatic carbocycles. The van der Waals surface area contributed by atoms with Crippen molar-refractivity contribution in [1.82, 2.24) is 0 Å². The van der Waals surface area contributed by atoms with Crippen LogP contribution in [0.1, 0.15) is 12.0 Å². The minimum Gasteiger partial charge on any atom is -0.545 e. The van der Waals surface area contributed by atoms with Crippen molar-refractivity contribution in [3.8, 4) is 0 Å². The Balaban J connectivity index is 1.67. The molecule has 1 aromatic carbocycles. The summed E-state index contributed by atoms with van der Waals surface area (Å²) < 4.78 is 0. The second kappa shape index (κ2) is 4.91. The zero-order valence-electron chi connectivity index (χ0n) is 12.2. The summed E-state index contributed by atoms with van der Waals surface area (Å²) in [5.41, 5.74) is 1.10. The van der Waals surface area contributed by atoms with Crippen molar-refractivity contribution in [3.05, 3.63) is 48.1 Å². The van der Waals surface area contributed by atoms with E-state index in [-0.39, 0.29) is 35.5 Å². The largest absolute Gasteiger partial charge is 0.545 e. The molecule has 2 bridgehead atoms. The van der Waals surface area contributed by atoms with E-state index in [1.165, 1.54) is 11.0 Å². The standard InChI is InChI=1S/C18H15NO4/c20-14(21)7-4-10-2-1-3-13(8-10)19-17(22)15-11-5-6-12(9-11)16(15)18(19)23/h1-8,11-12,15-16H,9H2,(H,20,21)/p-1/b7-4+/t11-,12-,15-,16+/m1/s1. The van der Waals surface area contributed by atoms with Gasteiger partial charge in [-0.05, 0) is 42.0 Å². The van der Waals surface area contributed by atoms with E-state index < -0.39 is 5.97 Å². The lowest BCUT2D eigenvalue weighted by Crippen LogP contribution is -2.32. The first-order valence-corrected chi connectivity index (χ1v) is 7.61. The van der Waals surface area contributed by atoms with Crippen molar-refractivity contribution in [3.63, 3.8) is 0 Å². The molecule has 23 heavy (non-hydrogen) atoms. The topological polar surface area (TPSA) is 77.5 Å². The first-order valence-electron chi connectivity index (χ1n) is 7.61. The second-order valence-corrected chi connectivity index (χ2v) is 6.26. The molecule has 1 aromatic rings. The fraction of sp³-hybridized carbons (Fsp3) is 0.278. The molecule has 1 saturated heterocycles. The number of carboxylic acids is 1. The number of fused-ring (bicyclic) bond motifs is 5. The minimum absolute atomic E-state index is 0.141. The van der Waals surface area contributed by atoms with E-state index in [9.17, 15) is 19.5 Å². The Labute approximate surface area is 132 Å². The fourth-order valence-corrected chi connectivity index (χ4v) is 4.09. The SMILES string of the molecule is O=C([O-])/C=C/c1cccc(N2C(=O)[C@@H]3[C@H](C2=O)[C@@H]2C=C[C@@H]3C2)c1. The highest BCUT2D eigenvalue weighted by Crippen LogP contribution is 2.53. The van der Waals surface area contributed by atoms with Gasteiger partial charge < -0.3 is 9.90 Å². The molecule has 5 heteroatoms. The van der Waals surface area contributed by atoms with E-state index in [0.29, 0.717) is 11.3 Å². The van der Waals surface area contributed by atoms with Crippen LogP contribution in [0.2, 0.25) is 0 Å². The number of carbonyl (C=O) groups excluding carboxylic acids is 3. The van der Waals surface area contributed by atoms with E-state index in [4.69, 9.17) is 0 Å². The van der Waals surface area contributed by atoms with Crippen molar-refractivity contribution in [1.29, 1.82) is 0 Å². The molecule has 3 aliphatic rings. The van der Waals surface area contributed by atoms with Crippen LogP contribution in [0, 0.1) is 23.7 Å². The van der Waals surface area contributed by atoms with Gasteiger partial charge in [-0.15, -0.1) is 0 Å². The zero-order valence-corrected chi connectivity index (χ0v) is 12.2. The number of hydrogen-bond acceptors (Lipinski definition) is 4. The summed E-state index contributed by atoms with van der Waals surface area (Å²) in [6.45, 7) is 0. The number of hydrogen-bond donors (Lipinski definition) is 0. The highest BCUT2D eigenvalue weighted by atomic mass is 16.4. The summed E-state index contributed by atoms with van der Waals surface area (Å²) in [5, 5.41) is 10.5. The Kier molecular flexibility index (Phi) is 2.98. The summed E-state index contributed by atoms with van der Waals surface area (Å²) in [4.78, 5) is 37.2. The Morgan fingerprint density at radius 1 is 1.13 bits per heavy atom. The van der Waals surface area contributed by atoms with E-state index in [2.05, 4.69) is 12.2 Å². The van der Waals surface area contributed by atoms with Crippen LogP contribution in [0.4, 0.5) is 5.69 Å². The summed E-state index contributed by atoms with van der Waals surface area (Å²) in [5.74, 6) is -1.70. The number of nitrogens with zero attached hydrogens (tertiary/aromatic N) is 1. The number of benzene rings is 1. The quantitative estimate of drug-likeness (QED) is 0.469. The first-order chi connectivity index (χ1) is 11.1. The van der Waals surface area contributed by atoms with Crippen molar-refractivity contribution in [2.45, 2.75) is 6.42 Å². The number of allylic oxidation sites excluding steroid dienone is 2. The van der Waals surface area contributed by atoms with Crippen molar-refractivity contribution in [2.75, 3.05) is 4.90 Å². The second-order valence-electron chi connectivity index (χ2n) is 6.26. The van der Waals surface area contributed by atoms with Crippen LogP contribution >= 0.6 is 0 Å². The predicted molar refractivity (Wildman–Crippen MR) is 80.7 cm³/mol. The lowest BCUT2D eigenvalue weighted by atomic mass is 9.85. The van der Waals surface area contributed by atoms with Crippen molar-refractivity contribution in [2.24, 2.45) is 23.7 Å². The van der Waals surface area contributed by atoms with Gasteiger partial charge in [-0.3, -0.25) is 9.59 Å². The van der Waals surface area contributed by atoms with E-state index >= 15 is 0 Å².